The van der Waals surface area contributed by atoms with Gasteiger partial charge in [-0.15, -0.1) is 0 Å². The van der Waals surface area contributed by atoms with Crippen LogP contribution in [0.1, 0.15) is 18.1 Å². The molecule has 0 aliphatic rings. The molecule has 0 bridgehead atoms. The minimum atomic E-state index is -3.55. The standard InChI is InChI=1S/C20H25N3O5S/c1-3-28-19-13-17(9-10-18(19)24)14-21-22-20(25)15-23(29(2,26)27)12-11-16-7-5-4-6-8-16/h4-10,13-14,24H,3,11-12,15H2,1-2H3,(H,22,25). The number of carbonyl (C=O) groups is 1. The summed E-state index contributed by atoms with van der Waals surface area (Å²) in [5.74, 6) is -0.231. The second kappa shape index (κ2) is 10.6. The van der Waals surface area contributed by atoms with Gasteiger partial charge >= 0.3 is 0 Å². The van der Waals surface area contributed by atoms with E-state index in [0.29, 0.717) is 24.3 Å². The van der Waals surface area contributed by atoms with Crippen molar-refractivity contribution in [1.29, 1.82) is 0 Å². The van der Waals surface area contributed by atoms with Crippen molar-refractivity contribution < 1.29 is 23.1 Å². The molecule has 0 aromatic heterocycles. The molecule has 9 heteroatoms. The number of aromatic hydroxyl groups is 1. The van der Waals surface area contributed by atoms with Gasteiger partial charge in [0.15, 0.2) is 11.5 Å². The van der Waals surface area contributed by atoms with E-state index in [1.807, 2.05) is 30.3 Å². The maximum Gasteiger partial charge on any atom is 0.255 e. The molecule has 0 heterocycles. The molecule has 2 rings (SSSR count). The van der Waals surface area contributed by atoms with E-state index in [4.69, 9.17) is 4.74 Å². The van der Waals surface area contributed by atoms with Crippen molar-refractivity contribution in [3.05, 3.63) is 59.7 Å². The molecule has 0 aliphatic heterocycles. The van der Waals surface area contributed by atoms with Gasteiger partial charge in [-0.1, -0.05) is 30.3 Å². The third kappa shape index (κ3) is 7.55. The summed E-state index contributed by atoms with van der Waals surface area (Å²) in [5.41, 5.74) is 3.91. The van der Waals surface area contributed by atoms with Crippen molar-refractivity contribution in [3.8, 4) is 11.5 Å². The van der Waals surface area contributed by atoms with Crippen LogP contribution in [0.25, 0.3) is 0 Å². The van der Waals surface area contributed by atoms with Gasteiger partial charge in [-0.2, -0.15) is 9.41 Å². The second-order valence-corrected chi connectivity index (χ2v) is 8.27. The van der Waals surface area contributed by atoms with Crippen LogP contribution in [0.5, 0.6) is 11.5 Å². The van der Waals surface area contributed by atoms with Crippen molar-refractivity contribution in [2.24, 2.45) is 5.10 Å². The van der Waals surface area contributed by atoms with Crippen molar-refractivity contribution in [2.45, 2.75) is 13.3 Å². The maximum atomic E-state index is 12.1. The van der Waals surface area contributed by atoms with Crippen LogP contribution in [-0.2, 0) is 21.2 Å². The molecule has 1 amide bonds. The molecule has 29 heavy (non-hydrogen) atoms. The van der Waals surface area contributed by atoms with E-state index >= 15 is 0 Å². The Bertz CT molecular complexity index is 946. The maximum absolute atomic E-state index is 12.1. The van der Waals surface area contributed by atoms with E-state index in [1.54, 1.807) is 19.1 Å². The number of benzene rings is 2. The van der Waals surface area contributed by atoms with Crippen LogP contribution < -0.4 is 10.2 Å². The van der Waals surface area contributed by atoms with Crippen LogP contribution in [0, 0.1) is 0 Å². The van der Waals surface area contributed by atoms with Crippen LogP contribution in [0.15, 0.2) is 53.6 Å². The Balaban J connectivity index is 1.94. The van der Waals surface area contributed by atoms with Crippen molar-refractivity contribution in [1.82, 2.24) is 9.73 Å². The number of phenols is 1. The SMILES string of the molecule is CCOc1cc(C=NNC(=O)CN(CCc2ccccc2)S(C)(=O)=O)ccc1O. The largest absolute Gasteiger partial charge is 0.504 e. The van der Waals surface area contributed by atoms with Crippen LogP contribution in [0.4, 0.5) is 0 Å². The molecular weight excluding hydrogens is 394 g/mol. The number of hydrazone groups is 1. The molecule has 0 aliphatic carbocycles. The van der Waals surface area contributed by atoms with Crippen LogP contribution >= 0.6 is 0 Å². The summed E-state index contributed by atoms with van der Waals surface area (Å²) >= 11 is 0. The van der Waals surface area contributed by atoms with Gasteiger partial charge in [-0.25, -0.2) is 13.8 Å². The van der Waals surface area contributed by atoms with E-state index in [0.717, 1.165) is 16.1 Å². The summed E-state index contributed by atoms with van der Waals surface area (Å²) in [6, 6.07) is 14.1. The summed E-state index contributed by atoms with van der Waals surface area (Å²) in [5, 5.41) is 13.5. The Kier molecular flexibility index (Phi) is 8.17. The van der Waals surface area contributed by atoms with E-state index < -0.39 is 15.9 Å². The molecule has 2 aromatic carbocycles. The highest BCUT2D eigenvalue weighted by Gasteiger charge is 2.19. The smallest absolute Gasteiger partial charge is 0.255 e. The normalized spacial score (nSPS) is 11.7. The number of hydrogen-bond donors (Lipinski definition) is 2. The molecule has 0 spiro atoms. The van der Waals surface area contributed by atoms with E-state index in [-0.39, 0.29) is 18.8 Å². The molecule has 2 N–H and O–H groups in total. The summed E-state index contributed by atoms with van der Waals surface area (Å²) in [4.78, 5) is 12.1. The average Bonchev–Trinajstić information content (AvgIpc) is 2.67. The third-order valence-electron chi connectivity index (χ3n) is 3.97. The highest BCUT2D eigenvalue weighted by Crippen LogP contribution is 2.26. The third-order valence-corrected chi connectivity index (χ3v) is 5.22. The predicted molar refractivity (Wildman–Crippen MR) is 112 cm³/mol. The Labute approximate surface area is 170 Å². The van der Waals surface area contributed by atoms with Crippen molar-refractivity contribution in [2.75, 3.05) is 26.0 Å². The van der Waals surface area contributed by atoms with Gasteiger partial charge in [-0.05, 0) is 42.7 Å². The molecule has 0 fully saturated rings. The molecule has 0 saturated carbocycles. The molecule has 0 unspecified atom stereocenters. The minimum absolute atomic E-state index is 0.00949. The monoisotopic (exact) mass is 419 g/mol. The predicted octanol–water partition coefficient (Wildman–Crippen LogP) is 1.75. The Morgan fingerprint density at radius 1 is 1.24 bits per heavy atom. The number of phenolic OH excluding ortho intramolecular Hbond substituents is 1. The molecule has 0 saturated heterocycles. The fourth-order valence-corrected chi connectivity index (χ4v) is 3.29. The van der Waals surface area contributed by atoms with Gasteiger partial charge in [0.1, 0.15) is 0 Å². The van der Waals surface area contributed by atoms with Crippen LogP contribution in [0.2, 0.25) is 0 Å². The number of hydrogen-bond acceptors (Lipinski definition) is 6. The lowest BCUT2D eigenvalue weighted by molar-refractivity contribution is -0.121. The van der Waals surface area contributed by atoms with Gasteiger partial charge in [0.25, 0.3) is 5.91 Å². The van der Waals surface area contributed by atoms with E-state index in [9.17, 15) is 18.3 Å². The van der Waals surface area contributed by atoms with E-state index in [2.05, 4.69) is 10.5 Å². The number of nitrogens with zero attached hydrogens (tertiary/aromatic N) is 2. The number of amides is 1. The van der Waals surface area contributed by atoms with Gasteiger partial charge in [0.2, 0.25) is 10.0 Å². The number of ether oxygens (including phenoxy) is 1. The first kappa shape index (κ1) is 22.4. The quantitative estimate of drug-likeness (QED) is 0.451. The highest BCUT2D eigenvalue weighted by atomic mass is 32.2. The summed E-state index contributed by atoms with van der Waals surface area (Å²) in [7, 11) is -3.55. The Morgan fingerprint density at radius 3 is 2.62 bits per heavy atom. The lowest BCUT2D eigenvalue weighted by atomic mass is 10.1. The fourth-order valence-electron chi connectivity index (χ4n) is 2.52. The van der Waals surface area contributed by atoms with Gasteiger partial charge in [0.05, 0.1) is 25.6 Å². The lowest BCUT2D eigenvalue weighted by Gasteiger charge is -2.18. The first-order chi connectivity index (χ1) is 13.8. The van der Waals surface area contributed by atoms with Gasteiger partial charge in [0, 0.05) is 6.54 Å². The molecule has 8 nitrogen and oxygen atoms in total. The molecule has 0 atom stereocenters. The first-order valence-electron chi connectivity index (χ1n) is 9.06. The number of carbonyl (C=O) groups excluding carboxylic acids is 1. The molecular formula is C20H25N3O5S. The highest BCUT2D eigenvalue weighted by molar-refractivity contribution is 7.88. The van der Waals surface area contributed by atoms with Crippen molar-refractivity contribution >= 4 is 22.1 Å². The molecule has 2 aromatic rings. The number of rotatable bonds is 10. The molecule has 156 valence electrons. The second-order valence-electron chi connectivity index (χ2n) is 6.29. The summed E-state index contributed by atoms with van der Waals surface area (Å²) in [6.07, 6.45) is 2.95. The van der Waals surface area contributed by atoms with Gasteiger partial charge < -0.3 is 9.84 Å². The zero-order valence-electron chi connectivity index (χ0n) is 16.4. The van der Waals surface area contributed by atoms with E-state index in [1.165, 1.54) is 12.3 Å². The van der Waals surface area contributed by atoms with Crippen LogP contribution in [-0.4, -0.2) is 55.9 Å². The minimum Gasteiger partial charge on any atom is -0.504 e. The summed E-state index contributed by atoms with van der Waals surface area (Å²) in [6.45, 7) is 2.05. The van der Waals surface area contributed by atoms with Crippen molar-refractivity contribution in [3.63, 3.8) is 0 Å². The number of sulfonamides is 1. The van der Waals surface area contributed by atoms with Crippen LogP contribution in [0.3, 0.4) is 0 Å². The zero-order valence-corrected chi connectivity index (χ0v) is 17.2. The Hall–Kier alpha value is -2.91. The average molecular weight is 420 g/mol. The fraction of sp³-hybridized carbons (Fsp3) is 0.300. The summed E-state index contributed by atoms with van der Waals surface area (Å²) < 4.78 is 30.4. The first-order valence-corrected chi connectivity index (χ1v) is 10.9. The van der Waals surface area contributed by atoms with Gasteiger partial charge in [-0.3, -0.25) is 4.79 Å². The number of nitrogens with one attached hydrogen (secondary N) is 1. The molecule has 0 radical (unpaired) electrons. The topological polar surface area (TPSA) is 108 Å². The Morgan fingerprint density at radius 2 is 1.97 bits per heavy atom. The lowest BCUT2D eigenvalue weighted by Crippen LogP contribution is -2.40. The zero-order chi connectivity index (χ0) is 21.3.